The third-order valence-corrected chi connectivity index (χ3v) is 3.11. The molecule has 0 bridgehead atoms. The monoisotopic (exact) mass is 431 g/mol. The molecule has 0 saturated carbocycles. The van der Waals surface area contributed by atoms with Crippen LogP contribution in [0.15, 0.2) is 53.5 Å². The predicted octanol–water partition coefficient (Wildman–Crippen LogP) is 3.84. The van der Waals surface area contributed by atoms with Crippen molar-refractivity contribution in [1.29, 1.82) is 0 Å². The summed E-state index contributed by atoms with van der Waals surface area (Å²) in [5.74, 6) is -0.0230. The molecule has 124 valence electrons. The maximum atomic E-state index is 13.6. The number of hydrogen-bond acceptors (Lipinski definition) is 1. The smallest absolute Gasteiger partial charge is 0.191 e. The van der Waals surface area contributed by atoms with Gasteiger partial charge in [0.15, 0.2) is 5.96 Å². The molecule has 0 aromatic heterocycles. The SMILES string of the molecule is CCNC(=NCc1ccccc1F)NCc1ccccc1F.I. The molecule has 2 aromatic carbocycles. The number of aliphatic imine (C=N–C) groups is 1. The van der Waals surface area contributed by atoms with Crippen LogP contribution in [-0.2, 0) is 13.1 Å². The van der Waals surface area contributed by atoms with Crippen molar-refractivity contribution >= 4 is 29.9 Å². The van der Waals surface area contributed by atoms with Crippen molar-refractivity contribution in [3.05, 3.63) is 71.3 Å². The van der Waals surface area contributed by atoms with Gasteiger partial charge in [-0.2, -0.15) is 0 Å². The van der Waals surface area contributed by atoms with Crippen LogP contribution >= 0.6 is 24.0 Å². The first-order chi connectivity index (χ1) is 10.7. The Morgan fingerprint density at radius 1 is 0.913 bits per heavy atom. The van der Waals surface area contributed by atoms with Gasteiger partial charge in [0, 0.05) is 24.2 Å². The molecule has 0 saturated heterocycles. The number of rotatable bonds is 5. The maximum absolute atomic E-state index is 13.6. The van der Waals surface area contributed by atoms with Crippen LogP contribution in [0.25, 0.3) is 0 Å². The van der Waals surface area contributed by atoms with Gasteiger partial charge < -0.3 is 10.6 Å². The quantitative estimate of drug-likeness (QED) is 0.429. The normalized spacial score (nSPS) is 10.8. The van der Waals surface area contributed by atoms with E-state index >= 15 is 0 Å². The summed E-state index contributed by atoms with van der Waals surface area (Å²) in [7, 11) is 0. The van der Waals surface area contributed by atoms with Crippen molar-refractivity contribution in [1.82, 2.24) is 10.6 Å². The number of halogens is 3. The Morgan fingerprint density at radius 2 is 1.48 bits per heavy atom. The van der Waals surface area contributed by atoms with E-state index in [2.05, 4.69) is 15.6 Å². The van der Waals surface area contributed by atoms with Gasteiger partial charge in [0.1, 0.15) is 11.6 Å². The van der Waals surface area contributed by atoms with E-state index in [4.69, 9.17) is 0 Å². The molecule has 0 spiro atoms. The van der Waals surface area contributed by atoms with Crippen molar-refractivity contribution in [3.63, 3.8) is 0 Å². The molecule has 0 aliphatic carbocycles. The van der Waals surface area contributed by atoms with Gasteiger partial charge in [0.25, 0.3) is 0 Å². The van der Waals surface area contributed by atoms with E-state index in [-0.39, 0.29) is 42.2 Å². The Labute approximate surface area is 152 Å². The molecule has 0 unspecified atom stereocenters. The second kappa shape index (κ2) is 10.1. The van der Waals surface area contributed by atoms with Gasteiger partial charge >= 0.3 is 0 Å². The molecule has 0 aliphatic rings. The van der Waals surface area contributed by atoms with Crippen LogP contribution in [0, 0.1) is 11.6 Å². The van der Waals surface area contributed by atoms with Gasteiger partial charge in [-0.1, -0.05) is 36.4 Å². The average Bonchev–Trinajstić information content (AvgIpc) is 2.53. The first kappa shape index (κ1) is 19.3. The third-order valence-electron chi connectivity index (χ3n) is 3.11. The van der Waals surface area contributed by atoms with Crippen LogP contribution in [0.2, 0.25) is 0 Å². The summed E-state index contributed by atoms with van der Waals surface area (Å²) in [4.78, 5) is 4.32. The predicted molar refractivity (Wildman–Crippen MR) is 99.9 cm³/mol. The zero-order chi connectivity index (χ0) is 15.8. The molecule has 23 heavy (non-hydrogen) atoms. The topological polar surface area (TPSA) is 36.4 Å². The first-order valence-electron chi connectivity index (χ1n) is 7.19. The fourth-order valence-electron chi connectivity index (χ4n) is 1.95. The molecular weight excluding hydrogens is 411 g/mol. The van der Waals surface area contributed by atoms with Gasteiger partial charge in [0.05, 0.1) is 6.54 Å². The minimum absolute atomic E-state index is 0. The molecule has 6 heteroatoms. The largest absolute Gasteiger partial charge is 0.357 e. The molecule has 2 aromatic rings. The van der Waals surface area contributed by atoms with E-state index < -0.39 is 0 Å². The van der Waals surface area contributed by atoms with E-state index in [0.717, 1.165) is 0 Å². The van der Waals surface area contributed by atoms with Gasteiger partial charge in [0.2, 0.25) is 0 Å². The molecule has 0 heterocycles. The highest BCUT2D eigenvalue weighted by Gasteiger charge is 2.04. The highest BCUT2D eigenvalue weighted by molar-refractivity contribution is 14.0. The second-order valence-corrected chi connectivity index (χ2v) is 4.73. The lowest BCUT2D eigenvalue weighted by Crippen LogP contribution is -2.37. The number of nitrogens with one attached hydrogen (secondary N) is 2. The fraction of sp³-hybridized carbons (Fsp3) is 0.235. The van der Waals surface area contributed by atoms with Gasteiger partial charge in [-0.3, -0.25) is 0 Å². The molecule has 3 nitrogen and oxygen atoms in total. The van der Waals surface area contributed by atoms with Crippen LogP contribution in [-0.4, -0.2) is 12.5 Å². The van der Waals surface area contributed by atoms with Gasteiger partial charge in [-0.05, 0) is 19.1 Å². The van der Waals surface area contributed by atoms with Gasteiger partial charge in [-0.15, -0.1) is 24.0 Å². The second-order valence-electron chi connectivity index (χ2n) is 4.73. The zero-order valence-corrected chi connectivity index (χ0v) is 15.2. The number of benzene rings is 2. The minimum atomic E-state index is -0.281. The number of nitrogens with zero attached hydrogens (tertiary/aromatic N) is 1. The number of guanidine groups is 1. The fourth-order valence-corrected chi connectivity index (χ4v) is 1.95. The highest BCUT2D eigenvalue weighted by Crippen LogP contribution is 2.08. The van der Waals surface area contributed by atoms with Crippen LogP contribution in [0.1, 0.15) is 18.1 Å². The maximum Gasteiger partial charge on any atom is 0.191 e. The van der Waals surface area contributed by atoms with Gasteiger partial charge in [-0.25, -0.2) is 13.8 Å². The lowest BCUT2D eigenvalue weighted by atomic mass is 10.2. The van der Waals surface area contributed by atoms with Crippen molar-refractivity contribution in [3.8, 4) is 0 Å². The Bertz CT molecular complexity index is 647. The van der Waals surface area contributed by atoms with Crippen molar-refractivity contribution in [2.75, 3.05) is 6.54 Å². The molecule has 0 amide bonds. The van der Waals surface area contributed by atoms with Crippen LogP contribution < -0.4 is 10.6 Å². The summed E-state index contributed by atoms with van der Waals surface area (Å²) in [6, 6.07) is 13.1. The molecule has 0 aliphatic heterocycles. The zero-order valence-electron chi connectivity index (χ0n) is 12.9. The molecule has 2 N–H and O–H groups in total. The Kier molecular flexibility index (Phi) is 8.53. The van der Waals surface area contributed by atoms with Crippen LogP contribution in [0.5, 0.6) is 0 Å². The molecule has 0 atom stereocenters. The molecule has 2 rings (SSSR count). The highest BCUT2D eigenvalue weighted by atomic mass is 127. The lowest BCUT2D eigenvalue weighted by Gasteiger charge is -2.12. The summed E-state index contributed by atoms with van der Waals surface area (Å²) in [5.41, 5.74) is 1.07. The van der Waals surface area contributed by atoms with Crippen molar-refractivity contribution in [2.24, 2.45) is 4.99 Å². The standard InChI is InChI=1S/C17H19F2N3.HI/c1-2-20-17(21-11-13-7-3-5-9-15(13)18)22-12-14-8-4-6-10-16(14)19;/h3-10H,2,11-12H2,1H3,(H2,20,21,22);1H. The number of hydrogen-bond donors (Lipinski definition) is 2. The van der Waals surface area contributed by atoms with E-state index in [1.165, 1.54) is 12.1 Å². The van der Waals surface area contributed by atoms with Crippen LogP contribution in [0.4, 0.5) is 8.78 Å². The van der Waals surface area contributed by atoms with Crippen molar-refractivity contribution < 1.29 is 8.78 Å². The molecule has 0 radical (unpaired) electrons. The summed E-state index contributed by atoms with van der Waals surface area (Å²) >= 11 is 0. The minimum Gasteiger partial charge on any atom is -0.357 e. The average molecular weight is 431 g/mol. The van der Waals surface area contributed by atoms with E-state index in [1.807, 2.05) is 6.92 Å². The Balaban J connectivity index is 0.00000264. The summed E-state index contributed by atoms with van der Waals surface area (Å²) < 4.78 is 27.1. The van der Waals surface area contributed by atoms with E-state index in [9.17, 15) is 8.78 Å². The summed E-state index contributed by atoms with van der Waals surface area (Å²) in [5, 5.41) is 6.10. The third kappa shape index (κ3) is 6.13. The summed E-state index contributed by atoms with van der Waals surface area (Å²) in [6.45, 7) is 3.14. The molecule has 0 fully saturated rings. The lowest BCUT2D eigenvalue weighted by molar-refractivity contribution is 0.604. The summed E-state index contributed by atoms with van der Waals surface area (Å²) in [6.07, 6.45) is 0. The Hall–Kier alpha value is -1.70. The van der Waals surface area contributed by atoms with Crippen molar-refractivity contribution in [2.45, 2.75) is 20.0 Å². The van der Waals surface area contributed by atoms with E-state index in [1.54, 1.807) is 36.4 Å². The first-order valence-corrected chi connectivity index (χ1v) is 7.19. The van der Waals surface area contributed by atoms with Crippen LogP contribution in [0.3, 0.4) is 0 Å². The Morgan fingerprint density at radius 3 is 2.04 bits per heavy atom. The van der Waals surface area contributed by atoms with E-state index in [0.29, 0.717) is 30.2 Å². The molecular formula is C17H20F2IN3.